The van der Waals surface area contributed by atoms with Crippen LogP contribution in [0.15, 0.2) is 29.4 Å². The van der Waals surface area contributed by atoms with Crippen LogP contribution in [0.5, 0.6) is 0 Å². The second-order valence-electron chi connectivity index (χ2n) is 6.14. The summed E-state index contributed by atoms with van der Waals surface area (Å²) in [7, 11) is 1.59. The standard InChI is InChI=1S/C17H21ClN4O3/c1-25-8-7-22-16(23)11-21-10-12(5-6-15(21)20-22)17(24)19-14-4-2-3-13(18)9-14/h2-4,9,12H,5-8,10-11H2,1H3,(H,19,24)/t12-/m0/s1. The predicted molar refractivity (Wildman–Crippen MR) is 95.4 cm³/mol. The Balaban J connectivity index is 1.61. The molecule has 1 aromatic carbocycles. The molecule has 1 N–H and O–H groups in total. The number of hydrazone groups is 1. The number of piperidine rings is 1. The molecule has 1 aromatic rings. The smallest absolute Gasteiger partial charge is 0.262 e. The van der Waals surface area contributed by atoms with Crippen LogP contribution in [0, 0.1) is 5.92 Å². The van der Waals surface area contributed by atoms with Gasteiger partial charge in [-0.3, -0.25) is 9.59 Å². The highest BCUT2D eigenvalue weighted by Gasteiger charge is 2.34. The van der Waals surface area contributed by atoms with E-state index in [-0.39, 0.29) is 24.3 Å². The summed E-state index contributed by atoms with van der Waals surface area (Å²) in [5.74, 6) is 0.547. The fourth-order valence-corrected chi connectivity index (χ4v) is 3.20. The summed E-state index contributed by atoms with van der Waals surface area (Å²) < 4.78 is 5.00. The van der Waals surface area contributed by atoms with Crippen LogP contribution in [-0.2, 0) is 14.3 Å². The number of nitrogens with one attached hydrogen (secondary N) is 1. The van der Waals surface area contributed by atoms with Crippen molar-refractivity contribution in [1.29, 1.82) is 0 Å². The van der Waals surface area contributed by atoms with Gasteiger partial charge in [-0.25, -0.2) is 5.01 Å². The highest BCUT2D eigenvalue weighted by atomic mass is 35.5. The SMILES string of the molecule is COCCN1N=C2CC[C@H](C(=O)Nc3cccc(Cl)c3)CN2CC1=O. The summed E-state index contributed by atoms with van der Waals surface area (Å²) in [6, 6.07) is 7.07. The van der Waals surface area contributed by atoms with Crippen LogP contribution in [0.25, 0.3) is 0 Å². The van der Waals surface area contributed by atoms with E-state index in [1.807, 2.05) is 4.90 Å². The molecule has 2 aliphatic heterocycles. The van der Waals surface area contributed by atoms with Crippen molar-refractivity contribution in [1.82, 2.24) is 9.91 Å². The van der Waals surface area contributed by atoms with Crippen LogP contribution in [-0.4, -0.2) is 60.9 Å². The molecule has 0 aromatic heterocycles. The third-order valence-electron chi connectivity index (χ3n) is 4.34. The minimum Gasteiger partial charge on any atom is -0.383 e. The number of anilines is 1. The molecule has 8 heteroatoms. The van der Waals surface area contributed by atoms with E-state index in [0.29, 0.717) is 43.2 Å². The summed E-state index contributed by atoms with van der Waals surface area (Å²) in [5.41, 5.74) is 0.678. The molecule has 0 radical (unpaired) electrons. The Hall–Kier alpha value is -2.12. The van der Waals surface area contributed by atoms with Gasteiger partial charge in [-0.15, -0.1) is 0 Å². The number of carbonyl (C=O) groups excluding carboxylic acids is 2. The first-order valence-corrected chi connectivity index (χ1v) is 8.63. The Morgan fingerprint density at radius 3 is 3.08 bits per heavy atom. The van der Waals surface area contributed by atoms with Gasteiger partial charge in [-0.2, -0.15) is 5.10 Å². The molecule has 3 rings (SSSR count). The van der Waals surface area contributed by atoms with Crippen molar-refractivity contribution < 1.29 is 14.3 Å². The van der Waals surface area contributed by atoms with E-state index in [1.165, 1.54) is 5.01 Å². The lowest BCUT2D eigenvalue weighted by atomic mass is 9.95. The second kappa shape index (κ2) is 7.84. The Kier molecular flexibility index (Phi) is 5.55. The molecule has 2 aliphatic rings. The topological polar surface area (TPSA) is 74.2 Å². The van der Waals surface area contributed by atoms with E-state index in [9.17, 15) is 9.59 Å². The lowest BCUT2D eigenvalue weighted by Gasteiger charge is -2.38. The molecule has 0 bridgehead atoms. The fourth-order valence-electron chi connectivity index (χ4n) is 3.01. The van der Waals surface area contributed by atoms with Crippen LogP contribution >= 0.6 is 11.6 Å². The van der Waals surface area contributed by atoms with E-state index < -0.39 is 0 Å². The molecule has 2 heterocycles. The fraction of sp³-hybridized carbons (Fsp3) is 0.471. The molecular weight excluding hydrogens is 344 g/mol. The van der Waals surface area contributed by atoms with Crippen LogP contribution in [0.2, 0.25) is 5.02 Å². The molecule has 1 atom stereocenters. The molecule has 7 nitrogen and oxygen atoms in total. The largest absolute Gasteiger partial charge is 0.383 e. The zero-order valence-electron chi connectivity index (χ0n) is 14.1. The normalized spacial score (nSPS) is 20.2. The number of carbonyl (C=O) groups is 2. The van der Waals surface area contributed by atoms with Crippen LogP contribution in [0.3, 0.4) is 0 Å². The van der Waals surface area contributed by atoms with Gasteiger partial charge in [0.1, 0.15) is 12.4 Å². The maximum absolute atomic E-state index is 12.5. The zero-order chi connectivity index (χ0) is 17.8. The van der Waals surface area contributed by atoms with Gasteiger partial charge in [-0.05, 0) is 24.6 Å². The number of halogens is 1. The molecule has 0 aliphatic carbocycles. The van der Waals surface area contributed by atoms with Gasteiger partial charge < -0.3 is 15.0 Å². The Morgan fingerprint density at radius 2 is 2.32 bits per heavy atom. The highest BCUT2D eigenvalue weighted by Crippen LogP contribution is 2.24. The Labute approximate surface area is 151 Å². The third kappa shape index (κ3) is 4.29. The molecule has 0 unspecified atom stereocenters. The summed E-state index contributed by atoms with van der Waals surface area (Å²) >= 11 is 5.94. The maximum Gasteiger partial charge on any atom is 0.262 e. The minimum absolute atomic E-state index is 0.0596. The number of amides is 2. The van der Waals surface area contributed by atoms with E-state index in [2.05, 4.69) is 10.4 Å². The van der Waals surface area contributed by atoms with Crippen molar-refractivity contribution in [3.05, 3.63) is 29.3 Å². The van der Waals surface area contributed by atoms with E-state index >= 15 is 0 Å². The van der Waals surface area contributed by atoms with Gasteiger partial charge in [0.2, 0.25) is 5.91 Å². The number of amidine groups is 1. The predicted octanol–water partition coefficient (Wildman–Crippen LogP) is 1.79. The number of fused-ring (bicyclic) bond motifs is 1. The van der Waals surface area contributed by atoms with Gasteiger partial charge >= 0.3 is 0 Å². The van der Waals surface area contributed by atoms with Crippen molar-refractivity contribution in [2.24, 2.45) is 11.0 Å². The van der Waals surface area contributed by atoms with Crippen molar-refractivity contribution >= 4 is 34.9 Å². The lowest BCUT2D eigenvalue weighted by Crippen LogP contribution is -2.53. The van der Waals surface area contributed by atoms with Crippen molar-refractivity contribution in [2.75, 3.05) is 38.7 Å². The average Bonchev–Trinajstić information content (AvgIpc) is 2.59. The van der Waals surface area contributed by atoms with Crippen LogP contribution < -0.4 is 5.32 Å². The van der Waals surface area contributed by atoms with Crippen LogP contribution in [0.4, 0.5) is 5.69 Å². The Bertz CT molecular complexity index is 694. The van der Waals surface area contributed by atoms with Gasteiger partial charge in [-0.1, -0.05) is 17.7 Å². The maximum atomic E-state index is 12.5. The first kappa shape index (κ1) is 17.7. The van der Waals surface area contributed by atoms with E-state index in [4.69, 9.17) is 16.3 Å². The van der Waals surface area contributed by atoms with Gasteiger partial charge in [0.05, 0.1) is 19.1 Å². The summed E-state index contributed by atoms with van der Waals surface area (Å²) in [6.07, 6.45) is 1.37. The first-order valence-electron chi connectivity index (χ1n) is 8.25. The monoisotopic (exact) mass is 364 g/mol. The Morgan fingerprint density at radius 1 is 1.48 bits per heavy atom. The van der Waals surface area contributed by atoms with Gasteiger partial charge in [0.15, 0.2) is 0 Å². The van der Waals surface area contributed by atoms with Gasteiger partial charge in [0.25, 0.3) is 5.91 Å². The average molecular weight is 365 g/mol. The number of hydrogen-bond donors (Lipinski definition) is 1. The highest BCUT2D eigenvalue weighted by molar-refractivity contribution is 6.30. The number of benzene rings is 1. The quantitative estimate of drug-likeness (QED) is 0.864. The minimum atomic E-state index is -0.184. The number of nitrogens with zero attached hydrogens (tertiary/aromatic N) is 3. The summed E-state index contributed by atoms with van der Waals surface area (Å²) in [4.78, 5) is 26.6. The van der Waals surface area contributed by atoms with Gasteiger partial charge in [0, 0.05) is 30.8 Å². The van der Waals surface area contributed by atoms with E-state index in [0.717, 1.165) is 5.84 Å². The molecular formula is C17H21ClN4O3. The number of hydrogen-bond acceptors (Lipinski definition) is 5. The molecule has 0 saturated carbocycles. The molecule has 0 spiro atoms. The zero-order valence-corrected chi connectivity index (χ0v) is 14.8. The molecule has 25 heavy (non-hydrogen) atoms. The molecule has 1 fully saturated rings. The molecule has 2 amide bonds. The third-order valence-corrected chi connectivity index (χ3v) is 4.58. The van der Waals surface area contributed by atoms with E-state index in [1.54, 1.807) is 31.4 Å². The van der Waals surface area contributed by atoms with Crippen molar-refractivity contribution in [2.45, 2.75) is 12.8 Å². The summed E-state index contributed by atoms with van der Waals surface area (Å²) in [6.45, 7) is 1.65. The van der Waals surface area contributed by atoms with Crippen LogP contribution in [0.1, 0.15) is 12.8 Å². The number of methoxy groups -OCH3 is 1. The van der Waals surface area contributed by atoms with Crippen molar-refractivity contribution in [3.63, 3.8) is 0 Å². The number of rotatable bonds is 5. The lowest BCUT2D eigenvalue weighted by molar-refractivity contribution is -0.134. The molecule has 1 saturated heterocycles. The first-order chi connectivity index (χ1) is 12.1. The molecule has 134 valence electrons. The second-order valence-corrected chi connectivity index (χ2v) is 6.58. The van der Waals surface area contributed by atoms with Crippen molar-refractivity contribution in [3.8, 4) is 0 Å². The number of ether oxygens (including phenoxy) is 1. The summed E-state index contributed by atoms with van der Waals surface area (Å²) in [5, 5.41) is 9.34.